The van der Waals surface area contributed by atoms with Crippen LogP contribution >= 0.6 is 0 Å². The van der Waals surface area contributed by atoms with Gasteiger partial charge in [0.15, 0.2) is 11.5 Å². The van der Waals surface area contributed by atoms with Gasteiger partial charge in [-0.3, -0.25) is 14.5 Å². The van der Waals surface area contributed by atoms with Gasteiger partial charge in [0, 0.05) is 5.92 Å². The molecule has 1 aromatic heterocycles. The van der Waals surface area contributed by atoms with Crippen LogP contribution in [0.5, 0.6) is 11.5 Å². The van der Waals surface area contributed by atoms with Gasteiger partial charge in [0.1, 0.15) is 19.0 Å². The van der Waals surface area contributed by atoms with E-state index in [0.717, 1.165) is 74.4 Å². The van der Waals surface area contributed by atoms with Gasteiger partial charge >= 0.3 is 0 Å². The number of likely N-dealkylation sites (tertiary alicyclic amines) is 1. The summed E-state index contributed by atoms with van der Waals surface area (Å²) in [7, 11) is 0. The average Bonchev–Trinajstić information content (AvgIpc) is 3.56. The lowest BCUT2D eigenvalue weighted by Crippen LogP contribution is -2.49. The third-order valence-electron chi connectivity index (χ3n) is 7.27. The zero-order chi connectivity index (χ0) is 23.4. The van der Waals surface area contributed by atoms with Gasteiger partial charge in [0.2, 0.25) is 11.8 Å². The molecule has 5 rings (SSSR count). The first-order valence-electron chi connectivity index (χ1n) is 12.3. The Morgan fingerprint density at radius 1 is 1.03 bits per heavy atom. The highest BCUT2D eigenvalue weighted by Crippen LogP contribution is 2.42. The number of furan rings is 1. The fraction of sp³-hybridized carbons (Fsp3) is 0.538. The van der Waals surface area contributed by atoms with Gasteiger partial charge in [0.05, 0.1) is 24.9 Å². The van der Waals surface area contributed by atoms with Crippen molar-refractivity contribution in [1.29, 1.82) is 0 Å². The molecule has 0 atom stereocenters. The Balaban J connectivity index is 1.14. The number of ether oxygens (including phenoxy) is 2. The van der Waals surface area contributed by atoms with E-state index in [9.17, 15) is 9.59 Å². The molecule has 2 amide bonds. The Bertz CT molecular complexity index is 992. The van der Waals surface area contributed by atoms with Crippen molar-refractivity contribution >= 4 is 11.8 Å². The standard InChI is InChI=1S/C26H33N3O5/c30-24(18-29-11-7-19(8-12-29)25(31)27-17-21-4-3-13-32-21)28-26(9-1-2-10-26)20-5-6-22-23(16-20)34-15-14-33-22/h3-6,13,16,19H,1-2,7-12,14-15,17-18H2,(H,27,31)(H,28,30). The van der Waals surface area contributed by atoms with E-state index in [1.165, 1.54) is 0 Å². The monoisotopic (exact) mass is 467 g/mol. The van der Waals surface area contributed by atoms with Crippen molar-refractivity contribution in [3.8, 4) is 11.5 Å². The van der Waals surface area contributed by atoms with Gasteiger partial charge in [-0.25, -0.2) is 0 Å². The van der Waals surface area contributed by atoms with Crippen LogP contribution < -0.4 is 20.1 Å². The molecular weight excluding hydrogens is 434 g/mol. The molecule has 3 heterocycles. The fourth-order valence-electron chi connectivity index (χ4n) is 5.40. The molecule has 1 saturated heterocycles. The minimum absolute atomic E-state index is 0.0202. The molecule has 0 unspecified atom stereocenters. The van der Waals surface area contributed by atoms with Gasteiger partial charge in [0.25, 0.3) is 0 Å². The molecule has 1 aliphatic carbocycles. The fourth-order valence-corrected chi connectivity index (χ4v) is 5.40. The average molecular weight is 468 g/mol. The summed E-state index contributed by atoms with van der Waals surface area (Å²) in [6, 6.07) is 9.72. The zero-order valence-electron chi connectivity index (χ0n) is 19.5. The summed E-state index contributed by atoms with van der Waals surface area (Å²) in [5.74, 6) is 2.36. The number of nitrogens with one attached hydrogen (secondary N) is 2. The smallest absolute Gasteiger partial charge is 0.234 e. The van der Waals surface area contributed by atoms with E-state index < -0.39 is 0 Å². The number of carbonyl (C=O) groups is 2. The second-order valence-electron chi connectivity index (χ2n) is 9.54. The number of hydrogen-bond donors (Lipinski definition) is 2. The van der Waals surface area contributed by atoms with Gasteiger partial charge in [-0.05, 0) is 68.6 Å². The summed E-state index contributed by atoms with van der Waals surface area (Å²) in [4.78, 5) is 27.7. The van der Waals surface area contributed by atoms with Gasteiger partial charge in [-0.2, -0.15) is 0 Å². The Morgan fingerprint density at radius 2 is 1.79 bits per heavy atom. The molecule has 8 nitrogen and oxygen atoms in total. The van der Waals surface area contributed by atoms with Crippen LogP contribution in [0.3, 0.4) is 0 Å². The van der Waals surface area contributed by atoms with Crippen molar-refractivity contribution in [3.63, 3.8) is 0 Å². The number of carbonyl (C=O) groups excluding carboxylic acids is 2. The van der Waals surface area contributed by atoms with E-state index in [-0.39, 0.29) is 23.3 Å². The minimum Gasteiger partial charge on any atom is -0.486 e. The van der Waals surface area contributed by atoms with E-state index in [1.54, 1.807) is 6.26 Å². The Kier molecular flexibility index (Phi) is 6.76. The highest BCUT2D eigenvalue weighted by atomic mass is 16.6. The minimum atomic E-state index is -0.350. The van der Waals surface area contributed by atoms with Crippen LogP contribution in [0.4, 0.5) is 0 Å². The maximum absolute atomic E-state index is 13.1. The molecular formula is C26H33N3O5. The lowest BCUT2D eigenvalue weighted by molar-refractivity contribution is -0.127. The van der Waals surface area contributed by atoms with Gasteiger partial charge in [-0.1, -0.05) is 18.9 Å². The maximum atomic E-state index is 13.1. The van der Waals surface area contributed by atoms with E-state index in [0.29, 0.717) is 26.3 Å². The number of piperidine rings is 1. The molecule has 0 radical (unpaired) electrons. The molecule has 0 bridgehead atoms. The molecule has 8 heteroatoms. The number of nitrogens with zero attached hydrogens (tertiary/aromatic N) is 1. The predicted octanol–water partition coefficient (Wildman–Crippen LogP) is 2.96. The summed E-state index contributed by atoms with van der Waals surface area (Å²) in [6.07, 6.45) is 7.15. The summed E-state index contributed by atoms with van der Waals surface area (Å²) < 4.78 is 16.7. The van der Waals surface area contributed by atoms with E-state index in [1.807, 2.05) is 24.3 Å². The quantitative estimate of drug-likeness (QED) is 0.651. The van der Waals surface area contributed by atoms with Crippen LogP contribution in [0.1, 0.15) is 49.8 Å². The lowest BCUT2D eigenvalue weighted by Gasteiger charge is -2.35. The molecule has 2 aromatic rings. The van der Waals surface area contributed by atoms with Crippen molar-refractivity contribution in [2.24, 2.45) is 5.92 Å². The number of amides is 2. The third kappa shape index (κ3) is 5.06. The number of benzene rings is 1. The predicted molar refractivity (Wildman–Crippen MR) is 125 cm³/mol. The third-order valence-corrected chi connectivity index (χ3v) is 7.27. The van der Waals surface area contributed by atoms with Crippen molar-refractivity contribution in [3.05, 3.63) is 47.9 Å². The largest absolute Gasteiger partial charge is 0.486 e. The van der Waals surface area contributed by atoms with E-state index in [2.05, 4.69) is 21.6 Å². The highest BCUT2D eigenvalue weighted by Gasteiger charge is 2.38. The Morgan fingerprint density at radius 3 is 2.53 bits per heavy atom. The summed E-state index contributed by atoms with van der Waals surface area (Å²) >= 11 is 0. The SMILES string of the molecule is O=C(CN1CCC(C(=O)NCc2ccco2)CC1)NC1(c2ccc3c(c2)OCCO3)CCCC1. The molecule has 1 saturated carbocycles. The van der Waals surface area contributed by atoms with Crippen LogP contribution in [-0.2, 0) is 21.7 Å². The zero-order valence-corrected chi connectivity index (χ0v) is 19.5. The van der Waals surface area contributed by atoms with Gasteiger partial charge in [-0.15, -0.1) is 0 Å². The maximum Gasteiger partial charge on any atom is 0.234 e. The molecule has 2 fully saturated rings. The van der Waals surface area contributed by atoms with E-state index in [4.69, 9.17) is 13.9 Å². The molecule has 2 aliphatic heterocycles. The topological polar surface area (TPSA) is 93.0 Å². The second-order valence-corrected chi connectivity index (χ2v) is 9.54. The van der Waals surface area contributed by atoms with Crippen LogP contribution in [-0.4, -0.2) is 49.6 Å². The normalized spacial score (nSPS) is 20.1. The van der Waals surface area contributed by atoms with Crippen LogP contribution in [0, 0.1) is 5.92 Å². The van der Waals surface area contributed by atoms with Crippen molar-refractivity contribution in [1.82, 2.24) is 15.5 Å². The molecule has 0 spiro atoms. The van der Waals surface area contributed by atoms with Crippen LogP contribution in [0.15, 0.2) is 41.0 Å². The molecule has 182 valence electrons. The molecule has 34 heavy (non-hydrogen) atoms. The van der Waals surface area contributed by atoms with Gasteiger partial charge < -0.3 is 24.5 Å². The Labute approximate surface area is 200 Å². The van der Waals surface area contributed by atoms with Crippen LogP contribution in [0.2, 0.25) is 0 Å². The number of hydrogen-bond acceptors (Lipinski definition) is 6. The Hall–Kier alpha value is -3.00. The number of fused-ring (bicyclic) bond motifs is 1. The molecule has 3 aliphatic rings. The molecule has 2 N–H and O–H groups in total. The molecule has 1 aromatic carbocycles. The van der Waals surface area contributed by atoms with Crippen molar-refractivity contribution in [2.75, 3.05) is 32.8 Å². The van der Waals surface area contributed by atoms with Crippen LogP contribution in [0.25, 0.3) is 0 Å². The summed E-state index contributed by atoms with van der Waals surface area (Å²) in [5, 5.41) is 6.32. The number of rotatable bonds is 7. The van der Waals surface area contributed by atoms with E-state index >= 15 is 0 Å². The first kappa shape index (κ1) is 22.8. The summed E-state index contributed by atoms with van der Waals surface area (Å²) in [6.45, 7) is 3.36. The summed E-state index contributed by atoms with van der Waals surface area (Å²) in [5.41, 5.74) is 0.742. The van der Waals surface area contributed by atoms with Crippen molar-refractivity contribution in [2.45, 2.75) is 50.6 Å². The van der Waals surface area contributed by atoms with Crippen molar-refractivity contribution < 1.29 is 23.5 Å². The highest BCUT2D eigenvalue weighted by molar-refractivity contribution is 5.80. The first-order valence-corrected chi connectivity index (χ1v) is 12.3. The lowest BCUT2D eigenvalue weighted by atomic mass is 9.87. The second kappa shape index (κ2) is 10.1. The first-order chi connectivity index (χ1) is 16.6.